The number of aldehydes is 1. The highest BCUT2D eigenvalue weighted by molar-refractivity contribution is 5.83. The van der Waals surface area contributed by atoms with Crippen molar-refractivity contribution >= 4 is 12.2 Å². The molecule has 1 unspecified atom stereocenters. The van der Waals surface area contributed by atoms with E-state index in [1.165, 1.54) is 5.56 Å². The number of ether oxygens (including phenoxy) is 2. The van der Waals surface area contributed by atoms with Gasteiger partial charge in [-0.05, 0) is 67.8 Å². The van der Waals surface area contributed by atoms with E-state index in [4.69, 9.17) is 15.2 Å². The molecule has 2 N–H and O–H groups in total. The number of benzene rings is 2. The summed E-state index contributed by atoms with van der Waals surface area (Å²) in [6.45, 7) is 14.0. The lowest BCUT2D eigenvalue weighted by atomic mass is 9.82. The number of hydrogen-bond donors (Lipinski definition) is 1. The predicted molar refractivity (Wildman–Crippen MR) is 163 cm³/mol. The van der Waals surface area contributed by atoms with Gasteiger partial charge >= 0.3 is 0 Å². The molecule has 39 heavy (non-hydrogen) atoms. The molecule has 0 fully saturated rings. The second-order valence-corrected chi connectivity index (χ2v) is 9.02. The number of aromatic nitrogens is 1. The fourth-order valence-electron chi connectivity index (χ4n) is 3.96. The molecule has 0 radical (unpaired) electrons. The molecule has 7 nitrogen and oxygen atoms in total. The Balaban J connectivity index is 0.000000489. The number of nitrogens with two attached hydrogens (primary N) is 1. The van der Waals surface area contributed by atoms with E-state index >= 15 is 0 Å². The molecule has 1 aromatic heterocycles. The van der Waals surface area contributed by atoms with E-state index in [-0.39, 0.29) is 6.10 Å². The Morgan fingerprint density at radius 3 is 2.28 bits per heavy atom. The first-order valence-corrected chi connectivity index (χ1v) is 13.5. The first kappa shape index (κ1) is 33.2. The molecular weight excluding hydrogens is 488 g/mol. The molecule has 2 heterocycles. The molecule has 1 aliphatic heterocycles. The molecule has 1 aliphatic rings. The number of fused-ring (bicyclic) bond motifs is 1. The molecular formula is C32H46N4O3. The van der Waals surface area contributed by atoms with Gasteiger partial charge in [0.1, 0.15) is 11.5 Å². The van der Waals surface area contributed by atoms with E-state index in [1.807, 2.05) is 97.1 Å². The van der Waals surface area contributed by atoms with Crippen molar-refractivity contribution in [2.75, 3.05) is 21.2 Å². The van der Waals surface area contributed by atoms with Crippen molar-refractivity contribution in [1.29, 1.82) is 0 Å². The molecule has 212 valence electrons. The fourth-order valence-corrected chi connectivity index (χ4v) is 3.96. The van der Waals surface area contributed by atoms with Crippen LogP contribution < -0.4 is 15.2 Å². The lowest BCUT2D eigenvalue weighted by Gasteiger charge is -2.36. The zero-order valence-corrected chi connectivity index (χ0v) is 25.3. The van der Waals surface area contributed by atoms with Gasteiger partial charge < -0.3 is 24.9 Å². The number of methoxy groups -OCH3 is 1. The molecule has 2 aromatic carbocycles. The van der Waals surface area contributed by atoms with Crippen LogP contribution >= 0.6 is 0 Å². The number of guanidine groups is 1. The Bertz CT molecular complexity index is 1210. The molecule has 0 aliphatic carbocycles. The number of carbonyl (C=O) groups excluding carboxylic acids is 1. The number of aryl methyl sites for hydroxylation is 2. The van der Waals surface area contributed by atoms with Gasteiger partial charge in [0.2, 0.25) is 0 Å². The maximum Gasteiger partial charge on any atom is 0.192 e. The van der Waals surface area contributed by atoms with Crippen LogP contribution in [0.2, 0.25) is 0 Å². The minimum Gasteiger partial charge on any atom is -0.497 e. The Morgan fingerprint density at radius 2 is 1.74 bits per heavy atom. The lowest BCUT2D eigenvalue weighted by Crippen LogP contribution is -2.41. The number of carbonyl (C=O) groups is 1. The summed E-state index contributed by atoms with van der Waals surface area (Å²) in [7, 11) is 5.28. The van der Waals surface area contributed by atoms with Gasteiger partial charge in [-0.25, -0.2) is 4.99 Å². The van der Waals surface area contributed by atoms with Crippen LogP contribution in [0.25, 0.3) is 11.1 Å². The van der Waals surface area contributed by atoms with E-state index in [0.29, 0.717) is 18.1 Å². The molecule has 4 rings (SSSR count). The van der Waals surface area contributed by atoms with E-state index in [0.717, 1.165) is 34.3 Å². The standard InChI is InChI=1S/C20H24N4O2.C8H10O.2C2H6/c1-13-7-16(11-22-10-13)15-5-6-18-17(8-15)20(12-25,9-14(2)26-18)23-19(21)24(3)4;1-7-4-3-5-8(6-7)9-2;2*1-2/h5-8,10-12,14H,9H2,1-4H3,(H2,21,23);3-6H,1-2H3;2*1-2H3/t14?,20-;;;/m0.../s1. The fraction of sp³-hybridized carbons (Fsp3) is 0.406. The van der Waals surface area contributed by atoms with Crippen LogP contribution in [0.5, 0.6) is 11.5 Å². The van der Waals surface area contributed by atoms with E-state index in [1.54, 1.807) is 32.3 Å². The van der Waals surface area contributed by atoms with Crippen molar-refractivity contribution in [3.63, 3.8) is 0 Å². The highest BCUT2D eigenvalue weighted by Crippen LogP contribution is 2.43. The molecule has 0 saturated heterocycles. The van der Waals surface area contributed by atoms with Gasteiger partial charge in [-0.2, -0.15) is 0 Å². The Labute approximate surface area is 235 Å². The number of aliphatic imine (C=N–C) groups is 1. The van der Waals surface area contributed by atoms with Gasteiger partial charge in [-0.15, -0.1) is 0 Å². The number of nitrogens with zero attached hydrogens (tertiary/aromatic N) is 3. The maximum absolute atomic E-state index is 12.2. The van der Waals surface area contributed by atoms with Crippen LogP contribution in [-0.2, 0) is 10.3 Å². The number of pyridine rings is 1. The normalized spacial score (nSPS) is 17.3. The van der Waals surface area contributed by atoms with E-state index < -0.39 is 5.54 Å². The maximum atomic E-state index is 12.2. The third-order valence-electron chi connectivity index (χ3n) is 5.77. The summed E-state index contributed by atoms with van der Waals surface area (Å²) >= 11 is 0. The summed E-state index contributed by atoms with van der Waals surface area (Å²) in [5.41, 5.74) is 9.96. The highest BCUT2D eigenvalue weighted by atomic mass is 16.5. The SMILES string of the molecule is CC.CC.COc1cccc(C)c1.Cc1cncc(-c2ccc3c(c2)[C@](C=O)(N=C(N)N(C)C)CC(C)O3)c1. The van der Waals surface area contributed by atoms with Crippen molar-refractivity contribution in [1.82, 2.24) is 9.88 Å². The average Bonchev–Trinajstić information content (AvgIpc) is 2.95. The molecule has 0 spiro atoms. The lowest BCUT2D eigenvalue weighted by molar-refractivity contribution is -0.114. The summed E-state index contributed by atoms with van der Waals surface area (Å²) in [5, 5.41) is 0. The van der Waals surface area contributed by atoms with Gasteiger partial charge in [0.25, 0.3) is 0 Å². The Morgan fingerprint density at radius 1 is 1.05 bits per heavy atom. The molecule has 2 atom stereocenters. The van der Waals surface area contributed by atoms with Gasteiger partial charge in [0, 0.05) is 44.0 Å². The second kappa shape index (κ2) is 16.2. The third-order valence-corrected chi connectivity index (χ3v) is 5.77. The van der Waals surface area contributed by atoms with Crippen LogP contribution in [0.1, 0.15) is 57.7 Å². The Kier molecular flexibility index (Phi) is 13.7. The van der Waals surface area contributed by atoms with Gasteiger partial charge in [0.05, 0.1) is 13.2 Å². The Hall–Kier alpha value is -3.87. The molecule has 0 saturated carbocycles. The molecule has 0 amide bonds. The van der Waals surface area contributed by atoms with Crippen molar-refractivity contribution in [3.05, 3.63) is 77.6 Å². The zero-order valence-electron chi connectivity index (χ0n) is 25.3. The van der Waals surface area contributed by atoms with Crippen LogP contribution in [0.3, 0.4) is 0 Å². The van der Waals surface area contributed by atoms with E-state index in [9.17, 15) is 4.79 Å². The quantitative estimate of drug-likeness (QED) is 0.232. The first-order chi connectivity index (χ1) is 18.7. The monoisotopic (exact) mass is 534 g/mol. The minimum absolute atomic E-state index is 0.141. The van der Waals surface area contributed by atoms with E-state index in [2.05, 4.69) is 16.0 Å². The van der Waals surface area contributed by atoms with Gasteiger partial charge in [-0.1, -0.05) is 45.9 Å². The van der Waals surface area contributed by atoms with Gasteiger partial charge in [0.15, 0.2) is 17.8 Å². The van der Waals surface area contributed by atoms with Crippen molar-refractivity contribution in [2.45, 2.75) is 66.5 Å². The third kappa shape index (κ3) is 9.13. The minimum atomic E-state index is -1.06. The van der Waals surface area contributed by atoms with Gasteiger partial charge in [-0.3, -0.25) is 4.98 Å². The first-order valence-electron chi connectivity index (χ1n) is 13.5. The van der Waals surface area contributed by atoms with Crippen LogP contribution in [0.4, 0.5) is 0 Å². The second-order valence-electron chi connectivity index (χ2n) is 9.02. The summed E-state index contributed by atoms with van der Waals surface area (Å²) in [6.07, 6.45) is 4.79. The summed E-state index contributed by atoms with van der Waals surface area (Å²) < 4.78 is 10.9. The van der Waals surface area contributed by atoms with Crippen LogP contribution in [0.15, 0.2) is 65.9 Å². The van der Waals surface area contributed by atoms with Crippen molar-refractivity contribution in [3.8, 4) is 22.6 Å². The largest absolute Gasteiger partial charge is 0.497 e. The topological polar surface area (TPSA) is 90.0 Å². The molecule has 7 heteroatoms. The zero-order chi connectivity index (χ0) is 29.6. The number of rotatable bonds is 4. The van der Waals surface area contributed by atoms with Crippen LogP contribution in [-0.4, -0.2) is 49.4 Å². The number of hydrogen-bond acceptors (Lipinski definition) is 5. The predicted octanol–water partition coefficient (Wildman–Crippen LogP) is 6.55. The van der Waals surface area contributed by atoms with Crippen LogP contribution in [0, 0.1) is 13.8 Å². The smallest absolute Gasteiger partial charge is 0.192 e. The summed E-state index contributed by atoms with van der Waals surface area (Å²) in [6, 6.07) is 15.8. The molecule has 3 aromatic rings. The van der Waals surface area contributed by atoms with Crippen molar-refractivity contribution < 1.29 is 14.3 Å². The summed E-state index contributed by atoms with van der Waals surface area (Å²) in [5.74, 6) is 1.89. The summed E-state index contributed by atoms with van der Waals surface area (Å²) in [4.78, 5) is 22.7. The highest BCUT2D eigenvalue weighted by Gasteiger charge is 2.41. The van der Waals surface area contributed by atoms with Crippen molar-refractivity contribution in [2.24, 2.45) is 10.7 Å². The molecule has 0 bridgehead atoms. The average molecular weight is 535 g/mol.